The number of carbonyl (C=O) groups is 1. The summed E-state index contributed by atoms with van der Waals surface area (Å²) < 4.78 is 118. The largest absolute Gasteiger partial charge is 0.460 e. The molecular weight excluding hydrogens is 391 g/mol. The fourth-order valence-corrected chi connectivity index (χ4v) is 2.78. The minimum absolute atomic E-state index is 0.0698. The van der Waals surface area contributed by atoms with Gasteiger partial charge in [0.2, 0.25) is 0 Å². The van der Waals surface area contributed by atoms with Crippen molar-refractivity contribution >= 4 is 5.78 Å². The lowest BCUT2D eigenvalue weighted by atomic mass is 9.93. The quantitative estimate of drug-likeness (QED) is 0.508. The van der Waals surface area contributed by atoms with Crippen LogP contribution in [-0.2, 0) is 5.92 Å². The van der Waals surface area contributed by atoms with Crippen molar-refractivity contribution in [2.45, 2.75) is 23.9 Å². The Bertz CT molecular complexity index is 928. The molecule has 0 fully saturated rings. The number of hydrogen-bond donors (Lipinski definition) is 0. The Morgan fingerprint density at radius 3 is 1.67 bits per heavy atom. The average molecular weight is 398 g/mol. The second-order valence-corrected chi connectivity index (χ2v) is 5.86. The molecule has 10 heteroatoms. The van der Waals surface area contributed by atoms with E-state index in [0.29, 0.717) is 11.6 Å². The number of halogens is 9. The van der Waals surface area contributed by atoms with Crippen molar-refractivity contribution in [2.75, 3.05) is 0 Å². The first-order valence-electron chi connectivity index (χ1n) is 7.22. The maximum atomic E-state index is 14.0. The third-order valence-electron chi connectivity index (χ3n) is 4.23. The molecule has 0 saturated carbocycles. The molecule has 0 unspecified atom stereocenters. The van der Waals surface area contributed by atoms with Crippen molar-refractivity contribution in [1.29, 1.82) is 0 Å². The van der Waals surface area contributed by atoms with Crippen LogP contribution in [0.25, 0.3) is 11.1 Å². The van der Waals surface area contributed by atoms with Crippen LogP contribution < -0.4 is 0 Å². The summed E-state index contributed by atoms with van der Waals surface area (Å²) in [7, 11) is 0. The van der Waals surface area contributed by atoms with Gasteiger partial charge >= 0.3 is 23.9 Å². The Balaban J connectivity index is 2.12. The zero-order valence-corrected chi connectivity index (χ0v) is 12.9. The van der Waals surface area contributed by atoms with Crippen LogP contribution in [0.15, 0.2) is 42.5 Å². The summed E-state index contributed by atoms with van der Waals surface area (Å²) in [6, 6.07) is 7.08. The molecule has 3 rings (SSSR count). The summed E-state index contributed by atoms with van der Waals surface area (Å²) in [5.41, 5.74) is -1.85. The lowest BCUT2D eigenvalue weighted by molar-refractivity contribution is -0.399. The van der Waals surface area contributed by atoms with Crippen LogP contribution in [0.5, 0.6) is 0 Å². The molecule has 144 valence electrons. The molecule has 0 heterocycles. The van der Waals surface area contributed by atoms with Gasteiger partial charge in [-0.2, -0.15) is 39.5 Å². The lowest BCUT2D eigenvalue weighted by Crippen LogP contribution is -2.59. The highest BCUT2D eigenvalue weighted by atomic mass is 19.4. The predicted octanol–water partition coefficient (Wildman–Crippen LogP) is 5.82. The first-order valence-corrected chi connectivity index (χ1v) is 7.22. The number of rotatable bonds is 3. The van der Waals surface area contributed by atoms with Gasteiger partial charge in [0.25, 0.3) is 0 Å². The Hall–Kier alpha value is -2.52. The molecule has 1 nitrogen and oxygen atoms in total. The Kier molecular flexibility index (Phi) is 3.92. The number of ketones is 1. The summed E-state index contributed by atoms with van der Waals surface area (Å²) in [6.45, 7) is 0. The number of carbonyl (C=O) groups excluding carboxylic acids is 1. The Labute approximate surface area is 145 Å². The maximum absolute atomic E-state index is 14.0. The van der Waals surface area contributed by atoms with Gasteiger partial charge in [-0.15, -0.1) is 0 Å². The number of fused-ring (bicyclic) bond motifs is 3. The molecule has 27 heavy (non-hydrogen) atoms. The standard InChI is InChI=1S/C17H7F9O/c18-14(19,15(20,21)16(22,23)17(24,25)26)8-5-6-10-9-3-1-2-4-11(9)13(27)12(10)7-8/h1-7H. The summed E-state index contributed by atoms with van der Waals surface area (Å²) in [4.78, 5) is 12.2. The van der Waals surface area contributed by atoms with E-state index in [9.17, 15) is 44.3 Å². The van der Waals surface area contributed by atoms with Crippen molar-refractivity contribution < 1.29 is 44.3 Å². The summed E-state index contributed by atoms with van der Waals surface area (Å²) in [5.74, 6) is -20.5. The van der Waals surface area contributed by atoms with Crippen LogP contribution in [0.1, 0.15) is 21.5 Å². The molecule has 0 amide bonds. The van der Waals surface area contributed by atoms with E-state index < -0.39 is 40.9 Å². The highest BCUT2D eigenvalue weighted by molar-refractivity contribution is 6.21. The van der Waals surface area contributed by atoms with Gasteiger partial charge in [-0.05, 0) is 17.2 Å². The molecule has 0 bridgehead atoms. The zero-order chi connectivity index (χ0) is 20.4. The third-order valence-corrected chi connectivity index (χ3v) is 4.23. The van der Waals surface area contributed by atoms with Gasteiger partial charge in [0.1, 0.15) is 0 Å². The first-order chi connectivity index (χ1) is 12.2. The van der Waals surface area contributed by atoms with Crippen molar-refractivity contribution in [3.8, 4) is 11.1 Å². The van der Waals surface area contributed by atoms with Crippen LogP contribution in [0.3, 0.4) is 0 Å². The molecule has 2 aromatic carbocycles. The van der Waals surface area contributed by atoms with Crippen LogP contribution >= 0.6 is 0 Å². The molecule has 2 aromatic rings. The second kappa shape index (κ2) is 5.49. The molecule has 1 aliphatic rings. The molecule has 0 aliphatic heterocycles. The van der Waals surface area contributed by atoms with E-state index in [-0.39, 0.29) is 17.2 Å². The van der Waals surface area contributed by atoms with Gasteiger partial charge in [-0.1, -0.05) is 36.4 Å². The highest BCUT2D eigenvalue weighted by Crippen LogP contribution is 2.57. The van der Waals surface area contributed by atoms with E-state index in [0.717, 1.165) is 6.07 Å². The average Bonchev–Trinajstić information content (AvgIpc) is 2.86. The number of alkyl halides is 9. The van der Waals surface area contributed by atoms with E-state index in [4.69, 9.17) is 0 Å². The van der Waals surface area contributed by atoms with Gasteiger partial charge < -0.3 is 0 Å². The summed E-state index contributed by atoms with van der Waals surface area (Å²) in [5, 5.41) is 0. The van der Waals surface area contributed by atoms with E-state index in [1.54, 1.807) is 0 Å². The number of benzene rings is 2. The fraction of sp³-hybridized carbons (Fsp3) is 0.235. The topological polar surface area (TPSA) is 17.1 Å². The van der Waals surface area contributed by atoms with Crippen molar-refractivity contribution in [3.05, 3.63) is 59.2 Å². The van der Waals surface area contributed by atoms with Crippen LogP contribution in [0.2, 0.25) is 0 Å². The van der Waals surface area contributed by atoms with Crippen LogP contribution in [0, 0.1) is 0 Å². The minimum atomic E-state index is -6.99. The molecule has 0 atom stereocenters. The SMILES string of the molecule is O=C1c2ccccc2-c2ccc(C(F)(F)C(F)(F)C(F)(F)C(F)(F)F)cc21. The Morgan fingerprint density at radius 1 is 0.593 bits per heavy atom. The van der Waals surface area contributed by atoms with Gasteiger partial charge in [-0.25, -0.2) is 0 Å². The van der Waals surface area contributed by atoms with Gasteiger partial charge in [0.05, 0.1) is 0 Å². The fourth-order valence-electron chi connectivity index (χ4n) is 2.78. The summed E-state index contributed by atoms with van der Waals surface area (Å²) >= 11 is 0. The number of hydrogen-bond acceptors (Lipinski definition) is 1. The predicted molar refractivity (Wildman–Crippen MR) is 75.2 cm³/mol. The second-order valence-electron chi connectivity index (χ2n) is 5.86. The molecule has 0 aromatic heterocycles. The van der Waals surface area contributed by atoms with Crippen LogP contribution in [-0.4, -0.2) is 23.8 Å². The van der Waals surface area contributed by atoms with Gasteiger partial charge in [0, 0.05) is 16.7 Å². The zero-order valence-electron chi connectivity index (χ0n) is 12.9. The van der Waals surface area contributed by atoms with Crippen molar-refractivity contribution in [3.63, 3.8) is 0 Å². The van der Waals surface area contributed by atoms with E-state index in [2.05, 4.69) is 0 Å². The normalized spacial score (nSPS) is 14.9. The molecule has 0 radical (unpaired) electrons. The van der Waals surface area contributed by atoms with E-state index >= 15 is 0 Å². The van der Waals surface area contributed by atoms with Gasteiger partial charge in [0.15, 0.2) is 5.78 Å². The molecular formula is C17H7F9O. The maximum Gasteiger partial charge on any atom is 0.460 e. The lowest BCUT2D eigenvalue weighted by Gasteiger charge is -2.33. The monoisotopic (exact) mass is 398 g/mol. The highest BCUT2D eigenvalue weighted by Gasteiger charge is 2.82. The molecule has 0 saturated heterocycles. The van der Waals surface area contributed by atoms with E-state index in [1.807, 2.05) is 0 Å². The Morgan fingerprint density at radius 2 is 1.11 bits per heavy atom. The molecule has 0 N–H and O–H groups in total. The third kappa shape index (κ3) is 2.45. The minimum Gasteiger partial charge on any atom is -0.289 e. The first kappa shape index (κ1) is 19.2. The van der Waals surface area contributed by atoms with Crippen LogP contribution in [0.4, 0.5) is 39.5 Å². The molecule has 1 aliphatic carbocycles. The van der Waals surface area contributed by atoms with Crippen molar-refractivity contribution in [1.82, 2.24) is 0 Å². The van der Waals surface area contributed by atoms with Gasteiger partial charge in [-0.3, -0.25) is 4.79 Å². The molecule has 0 spiro atoms. The smallest absolute Gasteiger partial charge is 0.289 e. The van der Waals surface area contributed by atoms with Crippen molar-refractivity contribution in [2.24, 2.45) is 0 Å². The van der Waals surface area contributed by atoms with E-state index in [1.165, 1.54) is 24.3 Å². The summed E-state index contributed by atoms with van der Waals surface area (Å²) in [6.07, 6.45) is -6.90.